The van der Waals surface area contributed by atoms with Crippen LogP contribution in [0.3, 0.4) is 0 Å². The number of carbonyl (C=O) groups excluding carboxylic acids is 2. The number of halogens is 2. The molecule has 3 fully saturated rings. The first-order valence-corrected chi connectivity index (χ1v) is 9.29. The minimum Gasteiger partial charge on any atom is -0.508 e. The lowest BCUT2D eigenvalue weighted by Crippen LogP contribution is -2.62. The van der Waals surface area contributed by atoms with Crippen LogP contribution in [0.1, 0.15) is 17.9 Å². The van der Waals surface area contributed by atoms with Gasteiger partial charge in [-0.15, -0.1) is 0 Å². The van der Waals surface area contributed by atoms with E-state index in [1.807, 2.05) is 0 Å². The van der Waals surface area contributed by atoms with Gasteiger partial charge < -0.3 is 24.9 Å². The second kappa shape index (κ2) is 6.48. The molecule has 1 aromatic carbocycles. The van der Waals surface area contributed by atoms with Gasteiger partial charge in [-0.2, -0.15) is 0 Å². The number of rotatable bonds is 1. The number of carbonyl (C=O) groups is 2. The predicted octanol–water partition coefficient (Wildman–Crippen LogP) is 1.50. The van der Waals surface area contributed by atoms with Crippen LogP contribution in [0, 0.1) is 0 Å². The minimum absolute atomic E-state index is 0.0317. The van der Waals surface area contributed by atoms with Crippen molar-refractivity contribution in [3.05, 3.63) is 27.7 Å². The Morgan fingerprint density at radius 1 is 1.12 bits per heavy atom. The van der Waals surface area contributed by atoms with Crippen LogP contribution in [0.5, 0.6) is 5.75 Å². The number of aliphatic hydroxyl groups excluding tert-OH is 1. The molecule has 140 valence electrons. The first-order valence-electron chi connectivity index (χ1n) is 8.53. The lowest BCUT2D eigenvalue weighted by Gasteiger charge is -2.43. The summed E-state index contributed by atoms with van der Waals surface area (Å²) in [7, 11) is 0. The molecule has 7 nitrogen and oxygen atoms in total. The van der Waals surface area contributed by atoms with Gasteiger partial charge in [-0.1, -0.05) is 23.2 Å². The molecule has 26 heavy (non-hydrogen) atoms. The fourth-order valence-corrected chi connectivity index (χ4v) is 4.56. The van der Waals surface area contributed by atoms with Crippen molar-refractivity contribution in [2.45, 2.75) is 24.5 Å². The molecule has 0 aliphatic carbocycles. The Morgan fingerprint density at radius 2 is 1.85 bits per heavy atom. The number of phenolic OH excluding ortho intramolecular Hbond substituents is 1. The summed E-state index contributed by atoms with van der Waals surface area (Å²) in [4.78, 5) is 29.8. The van der Waals surface area contributed by atoms with Gasteiger partial charge in [0.2, 0.25) is 5.91 Å². The van der Waals surface area contributed by atoms with E-state index in [-0.39, 0.29) is 36.2 Å². The third-order valence-corrected chi connectivity index (χ3v) is 6.23. The Hall–Kier alpha value is -1.70. The summed E-state index contributed by atoms with van der Waals surface area (Å²) >= 11 is 12.4. The van der Waals surface area contributed by atoms with E-state index in [4.69, 9.17) is 23.2 Å². The Kier molecular flexibility index (Phi) is 4.41. The van der Waals surface area contributed by atoms with E-state index < -0.39 is 6.10 Å². The summed E-state index contributed by atoms with van der Waals surface area (Å²) < 4.78 is 0. The van der Waals surface area contributed by atoms with Gasteiger partial charge in [0.15, 0.2) is 0 Å². The Balaban J connectivity index is 1.51. The number of fused-ring (bicyclic) bond motifs is 1. The smallest absolute Gasteiger partial charge is 0.320 e. The minimum atomic E-state index is -0.472. The maximum Gasteiger partial charge on any atom is 0.320 e. The summed E-state index contributed by atoms with van der Waals surface area (Å²) in [6, 6.07) is 2.72. The first-order chi connectivity index (χ1) is 12.3. The quantitative estimate of drug-likeness (QED) is 0.749. The number of piperazine rings is 1. The Bertz CT molecular complexity index is 769. The van der Waals surface area contributed by atoms with Gasteiger partial charge in [0.25, 0.3) is 0 Å². The molecule has 0 saturated carbocycles. The topological polar surface area (TPSA) is 84.3 Å². The molecule has 2 N–H and O–H groups in total. The number of hydrogen-bond acceptors (Lipinski definition) is 4. The molecular weight excluding hydrogens is 381 g/mol. The molecular formula is C17H19Cl2N3O4. The standard InChI is InChI=1S/C17H19Cl2N3O4/c18-12-1-2-13(24)15(16(12)19)9-3-10-5-20(8-14(25)22(10)4-9)17(26)21-6-11(23)7-21/h1-2,9-11,23-24H,3-8H2/t9-,10-/m0/s1. The van der Waals surface area contributed by atoms with Crippen molar-refractivity contribution in [2.24, 2.45) is 0 Å². The average Bonchev–Trinajstić information content (AvgIpc) is 2.99. The highest BCUT2D eigenvalue weighted by Crippen LogP contribution is 2.43. The van der Waals surface area contributed by atoms with E-state index in [0.717, 1.165) is 0 Å². The molecule has 3 heterocycles. The van der Waals surface area contributed by atoms with E-state index in [2.05, 4.69) is 0 Å². The molecule has 0 spiro atoms. The van der Waals surface area contributed by atoms with Crippen LogP contribution in [0.15, 0.2) is 12.1 Å². The molecule has 3 aliphatic rings. The van der Waals surface area contributed by atoms with Crippen molar-refractivity contribution >= 4 is 35.1 Å². The summed E-state index contributed by atoms with van der Waals surface area (Å²) in [6.45, 7) is 1.54. The summed E-state index contributed by atoms with van der Waals surface area (Å²) in [5.41, 5.74) is 0.560. The number of nitrogens with zero attached hydrogens (tertiary/aromatic N) is 3. The number of urea groups is 1. The molecule has 0 radical (unpaired) electrons. The SMILES string of the molecule is O=C(N1CC(O)C1)N1CC(=O)N2C[C@@H](c3c(O)ccc(Cl)c3Cl)C[C@H]2C1. The number of hydrogen-bond donors (Lipinski definition) is 2. The van der Waals surface area contributed by atoms with Gasteiger partial charge in [-0.25, -0.2) is 4.79 Å². The highest BCUT2D eigenvalue weighted by atomic mass is 35.5. The maximum atomic E-state index is 12.5. The third kappa shape index (κ3) is 2.88. The normalized spacial score (nSPS) is 26.1. The maximum absolute atomic E-state index is 12.5. The van der Waals surface area contributed by atoms with Gasteiger partial charge >= 0.3 is 6.03 Å². The molecule has 0 bridgehead atoms. The van der Waals surface area contributed by atoms with E-state index >= 15 is 0 Å². The van der Waals surface area contributed by atoms with Crippen LogP contribution in [0.2, 0.25) is 10.0 Å². The van der Waals surface area contributed by atoms with Crippen molar-refractivity contribution in [3.8, 4) is 5.75 Å². The van der Waals surface area contributed by atoms with E-state index in [9.17, 15) is 19.8 Å². The largest absolute Gasteiger partial charge is 0.508 e. The number of β-amino-alcohol motifs (C(OH)–C–C–N with tert-alkyl or cyclic N) is 1. The van der Waals surface area contributed by atoms with Gasteiger partial charge in [0.05, 0.1) is 35.3 Å². The monoisotopic (exact) mass is 399 g/mol. The first kappa shape index (κ1) is 17.7. The number of aromatic hydroxyl groups is 1. The summed E-state index contributed by atoms with van der Waals surface area (Å²) in [6.07, 6.45) is 0.130. The van der Waals surface area contributed by atoms with E-state index in [1.54, 1.807) is 9.80 Å². The second-order valence-electron chi connectivity index (χ2n) is 7.15. The van der Waals surface area contributed by atoms with Crippen LogP contribution in [-0.2, 0) is 4.79 Å². The van der Waals surface area contributed by atoms with Crippen LogP contribution >= 0.6 is 23.2 Å². The van der Waals surface area contributed by atoms with Crippen molar-refractivity contribution in [1.82, 2.24) is 14.7 Å². The molecule has 1 aromatic rings. The zero-order valence-electron chi connectivity index (χ0n) is 13.9. The lowest BCUT2D eigenvalue weighted by molar-refractivity contribution is -0.136. The van der Waals surface area contributed by atoms with Crippen molar-refractivity contribution in [3.63, 3.8) is 0 Å². The fraction of sp³-hybridized carbons (Fsp3) is 0.529. The van der Waals surface area contributed by atoms with Crippen molar-refractivity contribution in [2.75, 3.05) is 32.7 Å². The third-order valence-electron chi connectivity index (χ3n) is 5.41. The van der Waals surface area contributed by atoms with Gasteiger partial charge in [-0.3, -0.25) is 4.79 Å². The van der Waals surface area contributed by atoms with E-state index in [0.29, 0.717) is 48.2 Å². The van der Waals surface area contributed by atoms with Crippen LogP contribution in [0.25, 0.3) is 0 Å². The molecule has 3 aliphatic heterocycles. The average molecular weight is 400 g/mol. The van der Waals surface area contributed by atoms with Crippen molar-refractivity contribution < 1.29 is 19.8 Å². The zero-order valence-corrected chi connectivity index (χ0v) is 15.4. The summed E-state index contributed by atoms with van der Waals surface area (Å²) in [5.74, 6) is -0.175. The number of aliphatic hydroxyl groups is 1. The van der Waals surface area contributed by atoms with Gasteiger partial charge in [0.1, 0.15) is 12.3 Å². The van der Waals surface area contributed by atoms with Gasteiger partial charge in [-0.05, 0) is 18.6 Å². The molecule has 4 rings (SSSR count). The van der Waals surface area contributed by atoms with Crippen molar-refractivity contribution in [1.29, 1.82) is 0 Å². The second-order valence-corrected chi connectivity index (χ2v) is 7.93. The number of likely N-dealkylation sites (tertiary alicyclic amines) is 1. The molecule has 3 amide bonds. The van der Waals surface area contributed by atoms with Crippen LogP contribution < -0.4 is 0 Å². The van der Waals surface area contributed by atoms with Crippen LogP contribution in [-0.4, -0.2) is 81.7 Å². The highest BCUT2D eigenvalue weighted by Gasteiger charge is 2.44. The number of benzene rings is 1. The van der Waals surface area contributed by atoms with Crippen LogP contribution in [0.4, 0.5) is 4.79 Å². The number of phenols is 1. The molecule has 3 saturated heterocycles. The predicted molar refractivity (Wildman–Crippen MR) is 95.5 cm³/mol. The molecule has 9 heteroatoms. The van der Waals surface area contributed by atoms with Gasteiger partial charge in [0, 0.05) is 24.6 Å². The lowest BCUT2D eigenvalue weighted by atomic mass is 9.95. The fourth-order valence-electron chi connectivity index (χ4n) is 4.08. The molecule has 0 unspecified atom stereocenters. The summed E-state index contributed by atoms with van der Waals surface area (Å²) in [5, 5.41) is 20.3. The molecule has 2 atom stereocenters. The zero-order chi connectivity index (χ0) is 18.6. The number of amides is 3. The van der Waals surface area contributed by atoms with E-state index in [1.165, 1.54) is 17.0 Å². The highest BCUT2D eigenvalue weighted by molar-refractivity contribution is 6.42. The molecule has 0 aromatic heterocycles. The Labute approximate surface area is 160 Å². The Morgan fingerprint density at radius 3 is 2.54 bits per heavy atom.